The number of nitrogens with one attached hydrogen (secondary N) is 2. The van der Waals surface area contributed by atoms with Gasteiger partial charge in [-0.05, 0) is 55.2 Å². The summed E-state index contributed by atoms with van der Waals surface area (Å²) in [5.74, 6) is -0.420. The Balaban J connectivity index is 1.34. The van der Waals surface area contributed by atoms with Gasteiger partial charge < -0.3 is 15.4 Å². The fourth-order valence-corrected chi connectivity index (χ4v) is 4.17. The van der Waals surface area contributed by atoms with Gasteiger partial charge in [0.25, 0.3) is 5.91 Å². The van der Waals surface area contributed by atoms with Crippen molar-refractivity contribution in [2.75, 3.05) is 5.32 Å². The molecule has 5 rings (SSSR count). The molecule has 7 nitrogen and oxygen atoms in total. The molecule has 2 unspecified atom stereocenters. The Labute approximate surface area is 204 Å². The van der Waals surface area contributed by atoms with Crippen LogP contribution in [0.1, 0.15) is 46.0 Å². The highest BCUT2D eigenvalue weighted by atomic mass is 16.6. The Hall–Kier alpha value is -4.13. The van der Waals surface area contributed by atoms with E-state index in [4.69, 9.17) is 4.74 Å². The fourth-order valence-electron chi connectivity index (χ4n) is 4.17. The molecule has 3 aromatic carbocycles. The highest BCUT2D eigenvalue weighted by Gasteiger charge is 2.47. The second kappa shape index (κ2) is 9.62. The highest BCUT2D eigenvalue weighted by Crippen LogP contribution is 2.35. The van der Waals surface area contributed by atoms with E-state index in [9.17, 15) is 14.4 Å². The summed E-state index contributed by atoms with van der Waals surface area (Å²) in [7, 11) is 0. The average molecular weight is 470 g/mol. The zero-order valence-electron chi connectivity index (χ0n) is 19.4. The summed E-state index contributed by atoms with van der Waals surface area (Å²) in [6, 6.07) is 23.3. The van der Waals surface area contributed by atoms with E-state index in [1.807, 2.05) is 49.4 Å². The molecule has 0 aromatic heterocycles. The number of benzene rings is 3. The van der Waals surface area contributed by atoms with E-state index in [1.54, 1.807) is 36.4 Å². The number of carbonyl (C=O) groups is 3. The number of carbonyl (C=O) groups excluding carboxylic acids is 3. The molecule has 0 spiro atoms. The Morgan fingerprint density at radius 3 is 2.29 bits per heavy atom. The smallest absolute Gasteiger partial charge is 0.411 e. The number of hydrogen-bond acceptors (Lipinski definition) is 4. The van der Waals surface area contributed by atoms with Crippen molar-refractivity contribution in [1.29, 1.82) is 0 Å². The van der Waals surface area contributed by atoms with Crippen molar-refractivity contribution in [2.45, 2.75) is 44.5 Å². The van der Waals surface area contributed by atoms with Crippen LogP contribution in [0.25, 0.3) is 0 Å². The normalized spacial score (nSPS) is 19.2. The molecule has 7 heteroatoms. The van der Waals surface area contributed by atoms with Crippen molar-refractivity contribution in [1.82, 2.24) is 10.2 Å². The summed E-state index contributed by atoms with van der Waals surface area (Å²) in [4.78, 5) is 40.0. The molecule has 1 saturated heterocycles. The SMILES string of the molecule is Cc1ccc(C(=O)Nc2ccc(C3OC(=O)N(Cc4ccccc4)C3C(=O)NC3CC3)cc2)cc1. The van der Waals surface area contributed by atoms with Crippen molar-refractivity contribution >= 4 is 23.6 Å². The predicted octanol–water partition coefficient (Wildman–Crippen LogP) is 4.59. The zero-order valence-corrected chi connectivity index (χ0v) is 19.4. The van der Waals surface area contributed by atoms with Crippen LogP contribution in [0, 0.1) is 6.92 Å². The first-order valence-corrected chi connectivity index (χ1v) is 11.8. The van der Waals surface area contributed by atoms with Gasteiger partial charge >= 0.3 is 6.09 Å². The number of nitrogens with zero attached hydrogens (tertiary/aromatic N) is 1. The van der Waals surface area contributed by atoms with Gasteiger partial charge in [0.15, 0.2) is 12.1 Å². The van der Waals surface area contributed by atoms with Crippen molar-refractivity contribution in [3.63, 3.8) is 0 Å². The van der Waals surface area contributed by atoms with Crippen molar-refractivity contribution < 1.29 is 19.1 Å². The van der Waals surface area contributed by atoms with Crippen LogP contribution in [0.2, 0.25) is 0 Å². The van der Waals surface area contributed by atoms with Gasteiger partial charge in [0.1, 0.15) is 0 Å². The maximum atomic E-state index is 13.2. The van der Waals surface area contributed by atoms with Crippen LogP contribution in [0.5, 0.6) is 0 Å². The van der Waals surface area contributed by atoms with Crippen LogP contribution in [0.15, 0.2) is 78.9 Å². The first-order valence-electron chi connectivity index (χ1n) is 11.8. The van der Waals surface area contributed by atoms with Gasteiger partial charge in [-0.2, -0.15) is 0 Å². The number of hydrogen-bond donors (Lipinski definition) is 2. The molecule has 1 saturated carbocycles. The second-order valence-corrected chi connectivity index (χ2v) is 9.09. The van der Waals surface area contributed by atoms with Gasteiger partial charge in [-0.3, -0.25) is 14.5 Å². The lowest BCUT2D eigenvalue weighted by molar-refractivity contribution is -0.126. The lowest BCUT2D eigenvalue weighted by Gasteiger charge is -2.24. The van der Waals surface area contributed by atoms with Gasteiger partial charge in [0.05, 0.1) is 6.54 Å². The van der Waals surface area contributed by atoms with Crippen LogP contribution >= 0.6 is 0 Å². The van der Waals surface area contributed by atoms with Crippen LogP contribution < -0.4 is 10.6 Å². The van der Waals surface area contributed by atoms with Crippen LogP contribution in [-0.2, 0) is 16.1 Å². The van der Waals surface area contributed by atoms with E-state index >= 15 is 0 Å². The summed E-state index contributed by atoms with van der Waals surface area (Å²) >= 11 is 0. The van der Waals surface area contributed by atoms with Gasteiger partial charge in [-0.1, -0.05) is 60.2 Å². The maximum absolute atomic E-state index is 13.2. The minimum absolute atomic E-state index is 0.164. The predicted molar refractivity (Wildman–Crippen MR) is 132 cm³/mol. The molecule has 1 aliphatic heterocycles. The Kier molecular flexibility index (Phi) is 6.23. The first kappa shape index (κ1) is 22.7. The molecule has 2 atom stereocenters. The zero-order chi connectivity index (χ0) is 24.4. The van der Waals surface area contributed by atoms with Crippen molar-refractivity contribution in [2.24, 2.45) is 0 Å². The van der Waals surface area contributed by atoms with E-state index < -0.39 is 18.2 Å². The number of ether oxygens (including phenoxy) is 1. The Morgan fingerprint density at radius 2 is 1.63 bits per heavy atom. The first-order chi connectivity index (χ1) is 17.0. The summed E-state index contributed by atoms with van der Waals surface area (Å²) in [6.07, 6.45) is 0.635. The molecular formula is C28H27N3O4. The van der Waals surface area contributed by atoms with Gasteiger partial charge in [-0.25, -0.2) is 4.79 Å². The third-order valence-corrected chi connectivity index (χ3v) is 6.28. The Morgan fingerprint density at radius 1 is 0.943 bits per heavy atom. The summed E-state index contributed by atoms with van der Waals surface area (Å²) < 4.78 is 5.71. The average Bonchev–Trinajstić information content (AvgIpc) is 3.62. The number of anilines is 1. The summed E-state index contributed by atoms with van der Waals surface area (Å²) in [6.45, 7) is 2.25. The van der Waals surface area contributed by atoms with Crippen molar-refractivity contribution in [3.05, 3.63) is 101 Å². The van der Waals surface area contributed by atoms with E-state index in [1.165, 1.54) is 4.90 Å². The molecule has 2 N–H and O–H groups in total. The van der Waals surface area contributed by atoms with Crippen LogP contribution in [0.4, 0.5) is 10.5 Å². The molecule has 178 valence electrons. The summed E-state index contributed by atoms with van der Waals surface area (Å²) in [5.41, 5.74) is 3.88. The molecule has 2 aliphatic rings. The fraction of sp³-hybridized carbons (Fsp3) is 0.250. The molecular weight excluding hydrogens is 442 g/mol. The molecule has 1 aliphatic carbocycles. The minimum atomic E-state index is -0.781. The van der Waals surface area contributed by atoms with Gasteiger partial charge in [-0.15, -0.1) is 0 Å². The number of aryl methyl sites for hydroxylation is 1. The number of rotatable bonds is 7. The molecule has 3 amide bonds. The highest BCUT2D eigenvalue weighted by molar-refractivity contribution is 6.04. The largest absolute Gasteiger partial charge is 0.438 e. The van der Waals surface area contributed by atoms with Gasteiger partial charge in [0, 0.05) is 17.3 Å². The number of amides is 3. The monoisotopic (exact) mass is 469 g/mol. The minimum Gasteiger partial charge on any atom is -0.438 e. The second-order valence-electron chi connectivity index (χ2n) is 9.09. The molecule has 2 fully saturated rings. The molecule has 1 heterocycles. The summed E-state index contributed by atoms with van der Waals surface area (Å²) in [5, 5.41) is 5.90. The quantitative estimate of drug-likeness (QED) is 0.530. The van der Waals surface area contributed by atoms with E-state index in [0.29, 0.717) is 16.8 Å². The van der Waals surface area contributed by atoms with Crippen LogP contribution in [-0.4, -0.2) is 34.9 Å². The van der Waals surface area contributed by atoms with E-state index in [2.05, 4.69) is 10.6 Å². The lowest BCUT2D eigenvalue weighted by Crippen LogP contribution is -2.46. The standard InChI is InChI=1S/C28H27N3O4/c1-18-7-9-21(10-8-18)26(32)29-22-13-11-20(12-14-22)25-24(27(33)30-23-15-16-23)31(28(34)35-25)17-19-5-3-2-4-6-19/h2-14,23-25H,15-17H2,1H3,(H,29,32)(H,30,33). The van der Waals surface area contributed by atoms with Crippen LogP contribution in [0.3, 0.4) is 0 Å². The number of cyclic esters (lactones) is 1. The topological polar surface area (TPSA) is 87.7 Å². The molecule has 0 bridgehead atoms. The van der Waals surface area contributed by atoms with E-state index in [0.717, 1.165) is 24.0 Å². The molecule has 35 heavy (non-hydrogen) atoms. The van der Waals surface area contributed by atoms with Gasteiger partial charge in [0.2, 0.25) is 5.91 Å². The maximum Gasteiger partial charge on any atom is 0.411 e. The molecule has 0 radical (unpaired) electrons. The van der Waals surface area contributed by atoms with Crippen molar-refractivity contribution in [3.8, 4) is 0 Å². The van der Waals surface area contributed by atoms with E-state index in [-0.39, 0.29) is 24.4 Å². The third kappa shape index (κ3) is 5.19. The lowest BCUT2D eigenvalue weighted by atomic mass is 10.00. The Bertz CT molecular complexity index is 1220. The molecule has 3 aromatic rings. The third-order valence-electron chi connectivity index (χ3n) is 6.28.